The predicted molar refractivity (Wildman–Crippen MR) is 89.2 cm³/mol. The first-order valence-electron chi connectivity index (χ1n) is 7.03. The van der Waals surface area contributed by atoms with E-state index in [9.17, 15) is 10.1 Å². The average molecular weight is 389 g/mol. The SMILES string of the molecule is CCCN1CCC(Nc2ccc(I)cc2[N+](=O)[O-])CC1. The molecule has 0 aliphatic carbocycles. The molecule has 1 aliphatic heterocycles. The number of nitrogens with one attached hydrogen (secondary N) is 1. The van der Waals surface area contributed by atoms with Gasteiger partial charge in [0, 0.05) is 28.8 Å². The van der Waals surface area contributed by atoms with E-state index < -0.39 is 0 Å². The standard InChI is InChI=1S/C14H20IN3O2/c1-2-7-17-8-5-12(6-9-17)16-13-4-3-11(15)10-14(13)18(19)20/h3-4,10,12,16H,2,5-9H2,1H3. The number of piperidine rings is 1. The molecule has 0 radical (unpaired) electrons. The number of anilines is 1. The Hall–Kier alpha value is -0.890. The molecule has 0 spiro atoms. The summed E-state index contributed by atoms with van der Waals surface area (Å²) in [5.41, 5.74) is 0.817. The van der Waals surface area contributed by atoms with Gasteiger partial charge in [0.1, 0.15) is 5.69 Å². The molecule has 1 saturated heterocycles. The topological polar surface area (TPSA) is 58.4 Å². The third-order valence-electron chi connectivity index (χ3n) is 3.64. The van der Waals surface area contributed by atoms with E-state index in [-0.39, 0.29) is 10.6 Å². The smallest absolute Gasteiger partial charge is 0.293 e. The summed E-state index contributed by atoms with van der Waals surface area (Å²) in [4.78, 5) is 13.3. The van der Waals surface area contributed by atoms with E-state index in [4.69, 9.17) is 0 Å². The first-order valence-corrected chi connectivity index (χ1v) is 8.11. The third-order valence-corrected chi connectivity index (χ3v) is 4.31. The van der Waals surface area contributed by atoms with Crippen LogP contribution in [0.15, 0.2) is 18.2 Å². The van der Waals surface area contributed by atoms with E-state index in [0.717, 1.165) is 36.0 Å². The zero-order chi connectivity index (χ0) is 14.5. The average Bonchev–Trinajstić information content (AvgIpc) is 2.43. The fourth-order valence-corrected chi connectivity index (χ4v) is 3.09. The Balaban J connectivity index is 1.99. The Morgan fingerprint density at radius 3 is 2.75 bits per heavy atom. The zero-order valence-corrected chi connectivity index (χ0v) is 13.8. The van der Waals surface area contributed by atoms with E-state index in [1.807, 2.05) is 12.1 Å². The molecular weight excluding hydrogens is 369 g/mol. The second kappa shape index (κ2) is 7.21. The van der Waals surface area contributed by atoms with Gasteiger partial charge in [-0.1, -0.05) is 6.92 Å². The molecule has 0 atom stereocenters. The Morgan fingerprint density at radius 2 is 2.15 bits per heavy atom. The number of rotatable bonds is 5. The molecule has 1 fully saturated rings. The van der Waals surface area contributed by atoms with Crippen LogP contribution in [0, 0.1) is 13.7 Å². The zero-order valence-electron chi connectivity index (χ0n) is 11.6. The molecule has 2 rings (SSSR count). The summed E-state index contributed by atoms with van der Waals surface area (Å²) in [5.74, 6) is 0. The van der Waals surface area contributed by atoms with Crippen molar-refractivity contribution in [2.45, 2.75) is 32.2 Å². The van der Waals surface area contributed by atoms with Crippen molar-refractivity contribution in [2.75, 3.05) is 25.0 Å². The second-order valence-electron chi connectivity index (χ2n) is 5.18. The fourth-order valence-electron chi connectivity index (χ4n) is 2.61. The second-order valence-corrected chi connectivity index (χ2v) is 6.42. The Morgan fingerprint density at radius 1 is 1.45 bits per heavy atom. The van der Waals surface area contributed by atoms with Crippen molar-refractivity contribution >= 4 is 34.0 Å². The Labute approximate surface area is 133 Å². The van der Waals surface area contributed by atoms with E-state index in [1.54, 1.807) is 6.07 Å². The number of hydrogen-bond acceptors (Lipinski definition) is 4. The molecule has 110 valence electrons. The summed E-state index contributed by atoms with van der Waals surface area (Å²) in [7, 11) is 0. The normalized spacial score (nSPS) is 17.1. The van der Waals surface area contributed by atoms with Crippen LogP contribution in [0.5, 0.6) is 0 Å². The van der Waals surface area contributed by atoms with Gasteiger partial charge in [-0.2, -0.15) is 0 Å². The molecular formula is C14H20IN3O2. The van der Waals surface area contributed by atoms with Gasteiger partial charge >= 0.3 is 0 Å². The molecule has 20 heavy (non-hydrogen) atoms. The largest absolute Gasteiger partial charge is 0.377 e. The highest BCUT2D eigenvalue weighted by atomic mass is 127. The monoisotopic (exact) mass is 389 g/mol. The summed E-state index contributed by atoms with van der Waals surface area (Å²) in [6.45, 7) is 5.49. The van der Waals surface area contributed by atoms with Gasteiger partial charge in [-0.3, -0.25) is 10.1 Å². The third kappa shape index (κ3) is 4.05. The van der Waals surface area contributed by atoms with Crippen molar-refractivity contribution in [1.82, 2.24) is 4.90 Å². The van der Waals surface area contributed by atoms with Gasteiger partial charge in [-0.15, -0.1) is 0 Å². The lowest BCUT2D eigenvalue weighted by molar-refractivity contribution is -0.384. The van der Waals surface area contributed by atoms with E-state index in [0.29, 0.717) is 11.7 Å². The van der Waals surface area contributed by atoms with E-state index in [1.165, 1.54) is 6.42 Å². The van der Waals surface area contributed by atoms with Crippen molar-refractivity contribution in [3.8, 4) is 0 Å². The van der Waals surface area contributed by atoms with Gasteiger partial charge in [0.2, 0.25) is 0 Å². The molecule has 1 aromatic rings. The van der Waals surface area contributed by atoms with Crippen molar-refractivity contribution in [3.63, 3.8) is 0 Å². The number of hydrogen-bond donors (Lipinski definition) is 1. The lowest BCUT2D eigenvalue weighted by atomic mass is 10.0. The van der Waals surface area contributed by atoms with Crippen LogP contribution >= 0.6 is 22.6 Å². The molecule has 1 aromatic carbocycles. The molecule has 5 nitrogen and oxygen atoms in total. The number of nitro benzene ring substituents is 1. The first-order chi connectivity index (χ1) is 9.60. The maximum absolute atomic E-state index is 11.1. The van der Waals surface area contributed by atoms with Crippen LogP contribution in [0.25, 0.3) is 0 Å². The minimum absolute atomic E-state index is 0.174. The Kier molecular flexibility index (Phi) is 5.59. The molecule has 0 aromatic heterocycles. The summed E-state index contributed by atoms with van der Waals surface area (Å²) in [6.07, 6.45) is 3.27. The van der Waals surface area contributed by atoms with Gasteiger partial charge in [0.25, 0.3) is 5.69 Å². The number of benzene rings is 1. The van der Waals surface area contributed by atoms with E-state index in [2.05, 4.69) is 39.7 Å². The summed E-state index contributed by atoms with van der Waals surface area (Å²) in [6, 6.07) is 5.68. The van der Waals surface area contributed by atoms with Crippen LogP contribution in [0.2, 0.25) is 0 Å². The van der Waals surface area contributed by atoms with Gasteiger partial charge < -0.3 is 10.2 Å². The molecule has 1 heterocycles. The number of nitrogens with zero attached hydrogens (tertiary/aromatic N) is 2. The molecule has 0 amide bonds. The maximum atomic E-state index is 11.1. The van der Waals surface area contributed by atoms with Crippen LogP contribution in [0.3, 0.4) is 0 Å². The minimum atomic E-state index is -0.309. The lowest BCUT2D eigenvalue weighted by Gasteiger charge is -2.32. The highest BCUT2D eigenvalue weighted by molar-refractivity contribution is 14.1. The highest BCUT2D eigenvalue weighted by Crippen LogP contribution is 2.28. The number of halogens is 1. The molecule has 0 bridgehead atoms. The quantitative estimate of drug-likeness (QED) is 0.476. The van der Waals surface area contributed by atoms with Crippen molar-refractivity contribution in [1.29, 1.82) is 0 Å². The fraction of sp³-hybridized carbons (Fsp3) is 0.571. The predicted octanol–water partition coefficient (Wildman–Crippen LogP) is 3.49. The van der Waals surface area contributed by atoms with Crippen LogP contribution in [0.1, 0.15) is 26.2 Å². The van der Waals surface area contributed by atoms with Crippen molar-refractivity contribution in [2.24, 2.45) is 0 Å². The lowest BCUT2D eigenvalue weighted by Crippen LogP contribution is -2.39. The minimum Gasteiger partial charge on any atom is -0.377 e. The van der Waals surface area contributed by atoms with Crippen LogP contribution < -0.4 is 5.32 Å². The highest BCUT2D eigenvalue weighted by Gasteiger charge is 2.21. The number of likely N-dealkylation sites (tertiary alicyclic amines) is 1. The molecule has 1 N–H and O–H groups in total. The molecule has 1 aliphatic rings. The molecule has 0 saturated carbocycles. The van der Waals surface area contributed by atoms with Gasteiger partial charge in [-0.05, 0) is 60.5 Å². The molecule has 0 unspecified atom stereocenters. The van der Waals surface area contributed by atoms with Gasteiger partial charge in [-0.25, -0.2) is 0 Å². The van der Waals surface area contributed by atoms with Crippen LogP contribution in [0.4, 0.5) is 11.4 Å². The number of nitro groups is 1. The Bertz CT molecular complexity index is 473. The maximum Gasteiger partial charge on any atom is 0.293 e. The van der Waals surface area contributed by atoms with Crippen LogP contribution in [-0.2, 0) is 0 Å². The summed E-state index contributed by atoms with van der Waals surface area (Å²) < 4.78 is 0.887. The van der Waals surface area contributed by atoms with Crippen LogP contribution in [-0.4, -0.2) is 35.5 Å². The molecule has 6 heteroatoms. The van der Waals surface area contributed by atoms with Crippen molar-refractivity contribution in [3.05, 3.63) is 31.9 Å². The van der Waals surface area contributed by atoms with Crippen molar-refractivity contribution < 1.29 is 4.92 Å². The summed E-state index contributed by atoms with van der Waals surface area (Å²) in [5, 5.41) is 14.5. The van der Waals surface area contributed by atoms with E-state index >= 15 is 0 Å². The van der Waals surface area contributed by atoms with Gasteiger partial charge in [0.05, 0.1) is 4.92 Å². The van der Waals surface area contributed by atoms with Gasteiger partial charge in [0.15, 0.2) is 0 Å². The summed E-state index contributed by atoms with van der Waals surface area (Å²) >= 11 is 2.10. The first kappa shape index (κ1) is 15.5.